The molecule has 3 N–H and O–H groups in total. The van der Waals surface area contributed by atoms with E-state index in [2.05, 4.69) is 5.32 Å². The van der Waals surface area contributed by atoms with Gasteiger partial charge in [-0.05, 0) is 38.5 Å². The molecule has 5 nitrogen and oxygen atoms in total. The minimum Gasteiger partial charge on any atom is -0.444 e. The zero-order chi connectivity index (χ0) is 14.6. The number of ether oxygens (including phenoxy) is 1. The van der Waals surface area contributed by atoms with Gasteiger partial charge in [-0.3, -0.25) is 4.79 Å². The van der Waals surface area contributed by atoms with Crippen LogP contribution in [0.25, 0.3) is 0 Å². The Bertz CT molecular complexity index is 483. The van der Waals surface area contributed by atoms with E-state index < -0.39 is 23.6 Å². The van der Waals surface area contributed by atoms with E-state index in [1.54, 1.807) is 45.0 Å². The summed E-state index contributed by atoms with van der Waals surface area (Å²) >= 11 is 5.84. The first kappa shape index (κ1) is 15.3. The zero-order valence-corrected chi connectivity index (χ0v) is 11.8. The summed E-state index contributed by atoms with van der Waals surface area (Å²) in [6.45, 7) is 5.18. The zero-order valence-electron chi connectivity index (χ0n) is 11.1. The summed E-state index contributed by atoms with van der Waals surface area (Å²) in [6.07, 6.45) is -0.712. The average molecular weight is 285 g/mol. The lowest BCUT2D eigenvalue weighted by Crippen LogP contribution is -2.40. The Labute approximate surface area is 117 Å². The third-order valence-corrected chi connectivity index (χ3v) is 2.36. The number of alkyl carbamates (subject to hydrolysis) is 1. The van der Waals surface area contributed by atoms with E-state index >= 15 is 0 Å². The smallest absolute Gasteiger partial charge is 0.408 e. The molecule has 1 rings (SSSR count). The third kappa shape index (κ3) is 5.18. The van der Waals surface area contributed by atoms with Crippen molar-refractivity contribution >= 4 is 23.6 Å². The van der Waals surface area contributed by atoms with E-state index in [0.717, 1.165) is 0 Å². The molecule has 1 atom stereocenters. The van der Waals surface area contributed by atoms with Gasteiger partial charge >= 0.3 is 6.09 Å². The average Bonchev–Trinajstić information content (AvgIpc) is 2.23. The van der Waals surface area contributed by atoms with Gasteiger partial charge in [0.1, 0.15) is 11.6 Å². The number of hydrogen-bond acceptors (Lipinski definition) is 3. The Balaban J connectivity index is 2.85. The second-order valence-corrected chi connectivity index (χ2v) is 5.47. The van der Waals surface area contributed by atoms with E-state index in [4.69, 9.17) is 22.1 Å². The maximum Gasteiger partial charge on any atom is 0.408 e. The van der Waals surface area contributed by atoms with Gasteiger partial charge in [0.15, 0.2) is 0 Å². The van der Waals surface area contributed by atoms with Crippen molar-refractivity contribution in [2.24, 2.45) is 5.73 Å². The molecule has 0 aliphatic heterocycles. The highest BCUT2D eigenvalue weighted by atomic mass is 35.5. The van der Waals surface area contributed by atoms with E-state index in [-0.39, 0.29) is 0 Å². The first-order valence-corrected chi connectivity index (χ1v) is 6.11. The van der Waals surface area contributed by atoms with Crippen LogP contribution >= 0.6 is 11.6 Å². The summed E-state index contributed by atoms with van der Waals surface area (Å²) in [7, 11) is 0. The molecule has 0 radical (unpaired) electrons. The van der Waals surface area contributed by atoms with Gasteiger partial charge in [-0.15, -0.1) is 0 Å². The highest BCUT2D eigenvalue weighted by Gasteiger charge is 2.24. The molecule has 0 aliphatic rings. The Hall–Kier alpha value is -1.75. The number of halogens is 1. The first-order chi connectivity index (χ1) is 8.69. The SMILES string of the molecule is CC(C)(C)OC(=O)N[C@H](C(N)=O)c1cccc(Cl)c1. The maximum atomic E-state index is 11.7. The molecule has 0 saturated heterocycles. The molecular weight excluding hydrogens is 268 g/mol. The molecule has 6 heteroatoms. The molecule has 0 heterocycles. The molecule has 0 aliphatic carbocycles. The van der Waals surface area contributed by atoms with Crippen molar-refractivity contribution in [2.45, 2.75) is 32.4 Å². The van der Waals surface area contributed by atoms with Crippen molar-refractivity contribution in [1.29, 1.82) is 0 Å². The molecule has 0 aromatic heterocycles. The molecule has 0 saturated carbocycles. The molecule has 0 spiro atoms. The molecular formula is C13H17ClN2O3. The highest BCUT2D eigenvalue weighted by Crippen LogP contribution is 2.18. The number of carbonyl (C=O) groups excluding carboxylic acids is 2. The van der Waals surface area contributed by atoms with E-state index in [1.165, 1.54) is 0 Å². The second kappa shape index (κ2) is 5.93. The van der Waals surface area contributed by atoms with Crippen LogP contribution in [0.15, 0.2) is 24.3 Å². The lowest BCUT2D eigenvalue weighted by molar-refractivity contribution is -0.120. The van der Waals surface area contributed by atoms with Crippen LogP contribution < -0.4 is 11.1 Å². The van der Waals surface area contributed by atoms with E-state index in [0.29, 0.717) is 10.6 Å². The Morgan fingerprint density at radius 3 is 2.47 bits per heavy atom. The molecule has 0 bridgehead atoms. The fourth-order valence-electron chi connectivity index (χ4n) is 1.43. The predicted molar refractivity (Wildman–Crippen MR) is 72.8 cm³/mol. The fraction of sp³-hybridized carbons (Fsp3) is 0.385. The summed E-state index contributed by atoms with van der Waals surface area (Å²) < 4.78 is 5.08. The van der Waals surface area contributed by atoms with Gasteiger partial charge in [-0.1, -0.05) is 23.7 Å². The van der Waals surface area contributed by atoms with E-state index in [1.807, 2.05) is 0 Å². The van der Waals surface area contributed by atoms with Crippen molar-refractivity contribution in [3.63, 3.8) is 0 Å². The normalized spacial score (nSPS) is 12.6. The number of hydrogen-bond donors (Lipinski definition) is 2. The van der Waals surface area contributed by atoms with Crippen molar-refractivity contribution in [2.75, 3.05) is 0 Å². The van der Waals surface area contributed by atoms with Gasteiger partial charge in [0, 0.05) is 5.02 Å². The fourth-order valence-corrected chi connectivity index (χ4v) is 1.63. The lowest BCUT2D eigenvalue weighted by atomic mass is 10.1. The molecule has 104 valence electrons. The highest BCUT2D eigenvalue weighted by molar-refractivity contribution is 6.30. The molecule has 0 fully saturated rings. The topological polar surface area (TPSA) is 81.4 Å². The molecule has 1 aromatic carbocycles. The summed E-state index contributed by atoms with van der Waals surface area (Å²) in [4.78, 5) is 23.1. The lowest BCUT2D eigenvalue weighted by Gasteiger charge is -2.22. The Morgan fingerprint density at radius 1 is 1.37 bits per heavy atom. The third-order valence-electron chi connectivity index (χ3n) is 2.13. The van der Waals surface area contributed by atoms with E-state index in [9.17, 15) is 9.59 Å². The van der Waals surface area contributed by atoms with Crippen LogP contribution in [0.3, 0.4) is 0 Å². The monoisotopic (exact) mass is 284 g/mol. The predicted octanol–water partition coefficient (Wildman–Crippen LogP) is 2.39. The summed E-state index contributed by atoms with van der Waals surface area (Å²) in [5, 5.41) is 2.88. The summed E-state index contributed by atoms with van der Waals surface area (Å²) in [5.74, 6) is -0.687. The van der Waals surface area contributed by atoms with Gasteiger partial charge < -0.3 is 15.8 Å². The number of primary amides is 1. The van der Waals surface area contributed by atoms with Crippen LogP contribution in [-0.2, 0) is 9.53 Å². The summed E-state index contributed by atoms with van der Waals surface area (Å²) in [6, 6.07) is 5.57. The maximum absolute atomic E-state index is 11.7. The van der Waals surface area contributed by atoms with Gasteiger partial charge in [-0.2, -0.15) is 0 Å². The molecule has 0 unspecified atom stereocenters. The minimum atomic E-state index is -0.978. The van der Waals surface area contributed by atoms with Crippen molar-refractivity contribution in [1.82, 2.24) is 5.32 Å². The molecule has 19 heavy (non-hydrogen) atoms. The number of nitrogens with two attached hydrogens (primary N) is 1. The van der Waals surface area contributed by atoms with Crippen LogP contribution in [0.1, 0.15) is 32.4 Å². The van der Waals surface area contributed by atoms with Crippen LogP contribution in [0.5, 0.6) is 0 Å². The quantitative estimate of drug-likeness (QED) is 0.894. The van der Waals surface area contributed by atoms with Crippen LogP contribution in [0.4, 0.5) is 4.79 Å². The number of benzene rings is 1. The Kier molecular flexibility index (Phi) is 4.78. The molecule has 1 aromatic rings. The van der Waals surface area contributed by atoms with Gasteiger partial charge in [-0.25, -0.2) is 4.79 Å². The number of rotatable bonds is 3. The van der Waals surface area contributed by atoms with Gasteiger partial charge in [0.25, 0.3) is 0 Å². The van der Waals surface area contributed by atoms with Gasteiger partial charge in [0.2, 0.25) is 5.91 Å². The van der Waals surface area contributed by atoms with Crippen LogP contribution in [-0.4, -0.2) is 17.6 Å². The second-order valence-electron chi connectivity index (χ2n) is 5.04. The van der Waals surface area contributed by atoms with Crippen molar-refractivity contribution in [3.05, 3.63) is 34.9 Å². The number of carbonyl (C=O) groups is 2. The number of nitrogens with one attached hydrogen (secondary N) is 1. The Morgan fingerprint density at radius 2 is 2.00 bits per heavy atom. The molecule has 2 amide bonds. The standard InChI is InChI=1S/C13H17ClN2O3/c1-13(2,3)19-12(18)16-10(11(15)17)8-5-4-6-9(14)7-8/h4-7,10H,1-3H3,(H2,15,17)(H,16,18)/t10-/m0/s1. The van der Waals surface area contributed by atoms with Crippen LogP contribution in [0.2, 0.25) is 5.02 Å². The minimum absolute atomic E-state index is 0.453. The van der Waals surface area contributed by atoms with Gasteiger partial charge in [0.05, 0.1) is 0 Å². The largest absolute Gasteiger partial charge is 0.444 e. The first-order valence-electron chi connectivity index (χ1n) is 5.73. The summed E-state index contributed by atoms with van der Waals surface area (Å²) in [5.41, 5.74) is 5.13. The van der Waals surface area contributed by atoms with Crippen molar-refractivity contribution in [3.8, 4) is 0 Å². The van der Waals surface area contributed by atoms with Crippen molar-refractivity contribution < 1.29 is 14.3 Å². The number of amides is 2. The van der Waals surface area contributed by atoms with Crippen LogP contribution in [0, 0.1) is 0 Å².